The number of hydrogen-bond donors (Lipinski definition) is 0. The molecule has 2 aromatic carbocycles. The summed E-state index contributed by atoms with van der Waals surface area (Å²) in [5, 5.41) is 0. The average molecular weight is 336 g/mol. The predicted octanol–water partition coefficient (Wildman–Crippen LogP) is 4.07. The maximum absolute atomic E-state index is 12.4. The molecule has 1 amide bonds. The van der Waals surface area contributed by atoms with Gasteiger partial charge in [-0.25, -0.2) is 0 Å². The van der Waals surface area contributed by atoms with Crippen LogP contribution in [0.25, 0.3) is 0 Å². The zero-order valence-electron chi connectivity index (χ0n) is 12.1. The highest BCUT2D eigenvalue weighted by atomic mass is 35.5. The van der Waals surface area contributed by atoms with Gasteiger partial charge in [-0.3, -0.25) is 9.69 Å². The van der Waals surface area contributed by atoms with Crippen LogP contribution < -0.4 is 14.4 Å². The molecule has 0 atom stereocenters. The summed E-state index contributed by atoms with van der Waals surface area (Å²) in [4.78, 5) is 15.9. The van der Waals surface area contributed by atoms with Gasteiger partial charge in [-0.15, -0.1) is 11.6 Å². The van der Waals surface area contributed by atoms with Gasteiger partial charge in [0.05, 0.1) is 25.6 Å². The number of halogens is 1. The Morgan fingerprint density at radius 2 is 1.77 bits per heavy atom. The van der Waals surface area contributed by atoms with Crippen molar-refractivity contribution >= 4 is 40.6 Å². The van der Waals surface area contributed by atoms with E-state index in [1.165, 1.54) is 0 Å². The van der Waals surface area contributed by atoms with E-state index in [1.807, 2.05) is 36.4 Å². The fourth-order valence-corrected chi connectivity index (χ4v) is 3.60. The Hall–Kier alpha value is -1.85. The Labute approximate surface area is 138 Å². The molecule has 0 aliphatic carbocycles. The van der Waals surface area contributed by atoms with Crippen molar-refractivity contribution in [3.05, 3.63) is 36.4 Å². The number of amides is 1. The second kappa shape index (κ2) is 6.10. The quantitative estimate of drug-likeness (QED) is 0.792. The van der Waals surface area contributed by atoms with Crippen LogP contribution in [-0.2, 0) is 4.79 Å². The monoisotopic (exact) mass is 335 g/mol. The molecule has 1 aliphatic heterocycles. The molecule has 0 bridgehead atoms. The molecule has 4 nitrogen and oxygen atoms in total. The smallest absolute Gasteiger partial charge is 0.246 e. The molecule has 1 aliphatic rings. The molecule has 0 N–H and O–H groups in total. The van der Waals surface area contributed by atoms with E-state index in [4.69, 9.17) is 21.1 Å². The van der Waals surface area contributed by atoms with Gasteiger partial charge in [0.15, 0.2) is 11.5 Å². The standard InChI is InChI=1S/C16H14ClNO3S/c1-20-12-7-11-15(8-13(12)21-2)22-14-6-4-3-5-10(14)18(11)16(19)9-17/h3-8H,9H2,1-2H3. The molecule has 114 valence electrons. The van der Waals surface area contributed by atoms with Gasteiger partial charge >= 0.3 is 0 Å². The van der Waals surface area contributed by atoms with E-state index in [2.05, 4.69) is 0 Å². The van der Waals surface area contributed by atoms with E-state index in [0.29, 0.717) is 11.5 Å². The van der Waals surface area contributed by atoms with Crippen molar-refractivity contribution in [1.29, 1.82) is 0 Å². The number of anilines is 2. The molecular formula is C16H14ClNO3S. The maximum atomic E-state index is 12.4. The van der Waals surface area contributed by atoms with E-state index in [1.54, 1.807) is 30.9 Å². The highest BCUT2D eigenvalue weighted by Crippen LogP contribution is 2.51. The van der Waals surface area contributed by atoms with Crippen molar-refractivity contribution in [2.24, 2.45) is 0 Å². The summed E-state index contributed by atoms with van der Waals surface area (Å²) in [6.07, 6.45) is 0. The molecule has 0 fully saturated rings. The molecule has 0 unspecified atom stereocenters. The Balaban J connectivity index is 2.21. The molecule has 6 heteroatoms. The molecule has 0 aromatic heterocycles. The number of nitrogens with zero attached hydrogens (tertiary/aromatic N) is 1. The lowest BCUT2D eigenvalue weighted by Gasteiger charge is -2.31. The van der Waals surface area contributed by atoms with Gasteiger partial charge in [0.25, 0.3) is 0 Å². The number of rotatable bonds is 3. The van der Waals surface area contributed by atoms with E-state index >= 15 is 0 Å². The lowest BCUT2D eigenvalue weighted by atomic mass is 10.2. The normalized spacial score (nSPS) is 12.4. The molecule has 0 saturated carbocycles. The second-order valence-electron chi connectivity index (χ2n) is 4.61. The first-order chi connectivity index (χ1) is 10.7. The summed E-state index contributed by atoms with van der Waals surface area (Å²) in [7, 11) is 3.16. The molecule has 0 radical (unpaired) electrons. The molecule has 3 rings (SSSR count). The Morgan fingerprint density at radius 1 is 1.09 bits per heavy atom. The highest BCUT2D eigenvalue weighted by molar-refractivity contribution is 7.99. The largest absolute Gasteiger partial charge is 0.493 e. The van der Waals surface area contributed by atoms with Crippen molar-refractivity contribution in [3.8, 4) is 11.5 Å². The Bertz CT molecular complexity index is 735. The molecule has 0 spiro atoms. The van der Waals surface area contributed by atoms with E-state index in [0.717, 1.165) is 21.2 Å². The van der Waals surface area contributed by atoms with Crippen LogP contribution in [0.5, 0.6) is 11.5 Å². The number of carbonyl (C=O) groups excluding carboxylic acids is 1. The summed E-state index contributed by atoms with van der Waals surface area (Å²) in [6, 6.07) is 11.4. The number of alkyl halides is 1. The van der Waals surface area contributed by atoms with Gasteiger partial charge in [0, 0.05) is 21.9 Å². The Morgan fingerprint density at radius 3 is 2.45 bits per heavy atom. The fraction of sp³-hybridized carbons (Fsp3) is 0.188. The summed E-state index contributed by atoms with van der Waals surface area (Å²) in [6.45, 7) is 0. The van der Waals surface area contributed by atoms with Crippen molar-refractivity contribution in [3.63, 3.8) is 0 Å². The fourth-order valence-electron chi connectivity index (χ4n) is 2.41. The van der Waals surface area contributed by atoms with Gasteiger partial charge in [-0.1, -0.05) is 23.9 Å². The van der Waals surface area contributed by atoms with Gasteiger partial charge in [-0.05, 0) is 12.1 Å². The van der Waals surface area contributed by atoms with Crippen LogP contribution in [0.2, 0.25) is 0 Å². The van der Waals surface area contributed by atoms with E-state index < -0.39 is 0 Å². The number of hydrogen-bond acceptors (Lipinski definition) is 4. The SMILES string of the molecule is COc1cc2c(cc1OC)N(C(=O)CCl)c1ccccc1S2. The topological polar surface area (TPSA) is 38.8 Å². The zero-order valence-corrected chi connectivity index (χ0v) is 13.7. The molecular weight excluding hydrogens is 322 g/mol. The van der Waals surface area contributed by atoms with Crippen LogP contribution in [0, 0.1) is 0 Å². The molecule has 1 heterocycles. The first kappa shape index (κ1) is 15.1. The van der Waals surface area contributed by atoms with Gasteiger partial charge in [-0.2, -0.15) is 0 Å². The third-order valence-corrected chi connectivity index (χ3v) is 4.74. The number of fused-ring (bicyclic) bond motifs is 2. The van der Waals surface area contributed by atoms with E-state index in [-0.39, 0.29) is 11.8 Å². The second-order valence-corrected chi connectivity index (χ2v) is 5.96. The van der Waals surface area contributed by atoms with Crippen molar-refractivity contribution in [2.75, 3.05) is 25.0 Å². The Kier molecular flexibility index (Phi) is 4.18. The minimum Gasteiger partial charge on any atom is -0.493 e. The third-order valence-electron chi connectivity index (χ3n) is 3.40. The first-order valence-corrected chi connectivity index (χ1v) is 7.96. The van der Waals surface area contributed by atoms with Crippen LogP contribution in [0.15, 0.2) is 46.2 Å². The lowest BCUT2D eigenvalue weighted by molar-refractivity contribution is -0.115. The predicted molar refractivity (Wildman–Crippen MR) is 88.0 cm³/mol. The summed E-state index contributed by atoms with van der Waals surface area (Å²) in [5.41, 5.74) is 1.59. The lowest BCUT2D eigenvalue weighted by Crippen LogP contribution is -2.29. The van der Waals surface area contributed by atoms with Gasteiger partial charge in [0.2, 0.25) is 5.91 Å². The van der Waals surface area contributed by atoms with Crippen LogP contribution in [0.3, 0.4) is 0 Å². The minimum atomic E-state index is -0.178. The molecule has 0 saturated heterocycles. The summed E-state index contributed by atoms with van der Waals surface area (Å²) >= 11 is 7.39. The van der Waals surface area contributed by atoms with Crippen LogP contribution in [0.4, 0.5) is 11.4 Å². The van der Waals surface area contributed by atoms with Crippen LogP contribution in [0.1, 0.15) is 0 Å². The van der Waals surface area contributed by atoms with Gasteiger partial charge in [0.1, 0.15) is 5.88 Å². The average Bonchev–Trinajstić information content (AvgIpc) is 2.57. The molecule has 2 aromatic rings. The van der Waals surface area contributed by atoms with Crippen LogP contribution in [-0.4, -0.2) is 26.0 Å². The van der Waals surface area contributed by atoms with Crippen LogP contribution >= 0.6 is 23.4 Å². The van der Waals surface area contributed by atoms with E-state index in [9.17, 15) is 4.79 Å². The number of benzene rings is 2. The van der Waals surface area contributed by atoms with Crippen molar-refractivity contribution in [2.45, 2.75) is 9.79 Å². The highest BCUT2D eigenvalue weighted by Gasteiger charge is 2.29. The number of carbonyl (C=O) groups is 1. The number of ether oxygens (including phenoxy) is 2. The van der Waals surface area contributed by atoms with Crippen molar-refractivity contribution < 1.29 is 14.3 Å². The van der Waals surface area contributed by atoms with Gasteiger partial charge < -0.3 is 9.47 Å². The first-order valence-electron chi connectivity index (χ1n) is 6.61. The maximum Gasteiger partial charge on any atom is 0.246 e. The van der Waals surface area contributed by atoms with Crippen molar-refractivity contribution in [1.82, 2.24) is 0 Å². The minimum absolute atomic E-state index is 0.0905. The number of para-hydroxylation sites is 1. The third kappa shape index (κ3) is 2.40. The zero-order chi connectivity index (χ0) is 15.7. The number of methoxy groups -OCH3 is 2. The molecule has 22 heavy (non-hydrogen) atoms. The summed E-state index contributed by atoms with van der Waals surface area (Å²) in [5.74, 6) is 0.940. The summed E-state index contributed by atoms with van der Waals surface area (Å²) < 4.78 is 10.7.